The zero-order valence-electron chi connectivity index (χ0n) is 12.4. The van der Waals surface area contributed by atoms with E-state index in [9.17, 15) is 4.79 Å². The van der Waals surface area contributed by atoms with Crippen LogP contribution in [0.5, 0.6) is 0 Å². The van der Waals surface area contributed by atoms with Crippen molar-refractivity contribution >= 4 is 50.1 Å². The summed E-state index contributed by atoms with van der Waals surface area (Å²) in [6.07, 6.45) is 3.41. The van der Waals surface area contributed by atoms with Gasteiger partial charge in [-0.1, -0.05) is 12.1 Å². The van der Waals surface area contributed by atoms with Crippen LogP contribution in [0.2, 0.25) is 0 Å². The van der Waals surface area contributed by atoms with Crippen LogP contribution in [0.1, 0.15) is 9.67 Å². The summed E-state index contributed by atoms with van der Waals surface area (Å²) in [4.78, 5) is 15.7. The molecule has 0 atom stereocenters. The van der Waals surface area contributed by atoms with Gasteiger partial charge < -0.3 is 10.4 Å². The maximum Gasteiger partial charge on any atom is 0.345 e. The van der Waals surface area contributed by atoms with Crippen LogP contribution in [0.25, 0.3) is 21.2 Å². The molecule has 3 aromatic heterocycles. The molecule has 0 aliphatic rings. The highest BCUT2D eigenvalue weighted by atomic mass is 32.1. The molecule has 4 rings (SSSR count). The number of nitrogens with zero attached hydrogens (tertiary/aromatic N) is 1. The second kappa shape index (κ2) is 6.07. The first-order valence-corrected chi connectivity index (χ1v) is 8.97. The summed E-state index contributed by atoms with van der Waals surface area (Å²) in [6.45, 7) is 0. The Balaban J connectivity index is 1.65. The fourth-order valence-corrected chi connectivity index (χ4v) is 4.05. The first-order valence-electron chi connectivity index (χ1n) is 7.21. The van der Waals surface area contributed by atoms with Gasteiger partial charge in [0.1, 0.15) is 4.88 Å². The quantitative estimate of drug-likeness (QED) is 0.511. The number of carboxylic acids is 1. The Labute approximate surface area is 146 Å². The van der Waals surface area contributed by atoms with Gasteiger partial charge in [0.2, 0.25) is 0 Å². The molecule has 0 radical (unpaired) electrons. The summed E-state index contributed by atoms with van der Waals surface area (Å²) in [5.41, 5.74) is 4.12. The number of hydrogen-bond donors (Lipinski definition) is 2. The van der Waals surface area contributed by atoms with Crippen molar-refractivity contribution in [2.75, 3.05) is 5.32 Å². The van der Waals surface area contributed by atoms with E-state index >= 15 is 0 Å². The molecule has 2 N–H and O–H groups in total. The summed E-state index contributed by atoms with van der Waals surface area (Å²) in [5.74, 6) is -0.915. The number of hydrogen-bond acceptors (Lipinski definition) is 5. The Hall–Kier alpha value is -2.70. The standard InChI is InChI=1S/C18H12N2O2S2/c21-18(22)16-7-14-15(8-19-9-17(14)24-16)20-13-3-1-11(2-4-13)12-5-6-23-10-12/h1-10,20H,(H,21,22). The Kier molecular flexibility index (Phi) is 3.76. The number of rotatable bonds is 4. The number of nitrogens with one attached hydrogen (secondary N) is 1. The molecule has 0 amide bonds. The number of anilines is 2. The van der Waals surface area contributed by atoms with Crippen molar-refractivity contribution in [2.45, 2.75) is 0 Å². The molecular formula is C18H12N2O2S2. The molecule has 0 saturated carbocycles. The van der Waals surface area contributed by atoms with Gasteiger partial charge in [-0.15, -0.1) is 11.3 Å². The number of aromatic carboxylic acids is 1. The predicted molar refractivity (Wildman–Crippen MR) is 99.6 cm³/mol. The van der Waals surface area contributed by atoms with Crippen LogP contribution in [0, 0.1) is 0 Å². The van der Waals surface area contributed by atoms with Crippen molar-refractivity contribution in [1.29, 1.82) is 0 Å². The molecule has 6 heteroatoms. The molecule has 0 fully saturated rings. The van der Waals surface area contributed by atoms with Gasteiger partial charge in [-0.05, 0) is 46.2 Å². The number of aromatic nitrogens is 1. The fourth-order valence-electron chi connectivity index (χ4n) is 2.50. The monoisotopic (exact) mass is 352 g/mol. The predicted octanol–water partition coefficient (Wildman–Crippen LogP) is 5.47. The normalized spacial score (nSPS) is 10.8. The van der Waals surface area contributed by atoms with Crippen LogP contribution < -0.4 is 5.32 Å². The lowest BCUT2D eigenvalue weighted by atomic mass is 10.1. The Bertz CT molecular complexity index is 1010. The molecule has 0 aliphatic carbocycles. The Morgan fingerprint density at radius 2 is 1.92 bits per heavy atom. The van der Waals surface area contributed by atoms with E-state index in [1.807, 2.05) is 12.1 Å². The van der Waals surface area contributed by atoms with Gasteiger partial charge in [-0.25, -0.2) is 4.79 Å². The summed E-state index contributed by atoms with van der Waals surface area (Å²) < 4.78 is 0.854. The fraction of sp³-hybridized carbons (Fsp3) is 0. The van der Waals surface area contributed by atoms with Gasteiger partial charge in [-0.2, -0.15) is 11.3 Å². The number of carbonyl (C=O) groups is 1. The number of carboxylic acid groups (broad SMARTS) is 1. The second-order valence-electron chi connectivity index (χ2n) is 5.23. The molecule has 0 aliphatic heterocycles. The van der Waals surface area contributed by atoms with E-state index in [4.69, 9.17) is 5.11 Å². The highest BCUT2D eigenvalue weighted by Crippen LogP contribution is 2.32. The van der Waals surface area contributed by atoms with E-state index in [0.29, 0.717) is 4.88 Å². The molecule has 0 bridgehead atoms. The van der Waals surface area contributed by atoms with E-state index in [-0.39, 0.29) is 0 Å². The minimum atomic E-state index is -0.915. The lowest BCUT2D eigenvalue weighted by Crippen LogP contribution is -1.92. The van der Waals surface area contributed by atoms with Gasteiger partial charge in [-0.3, -0.25) is 4.98 Å². The third-order valence-electron chi connectivity index (χ3n) is 3.68. The molecular weight excluding hydrogens is 340 g/mol. The summed E-state index contributed by atoms with van der Waals surface area (Å²) >= 11 is 2.91. The molecule has 24 heavy (non-hydrogen) atoms. The highest BCUT2D eigenvalue weighted by molar-refractivity contribution is 7.20. The Morgan fingerprint density at radius 1 is 1.08 bits per heavy atom. The van der Waals surface area contributed by atoms with Gasteiger partial charge in [0.25, 0.3) is 0 Å². The van der Waals surface area contributed by atoms with Crippen LogP contribution in [-0.2, 0) is 0 Å². The summed E-state index contributed by atoms with van der Waals surface area (Å²) in [5, 5.41) is 17.5. The molecule has 0 spiro atoms. The number of benzene rings is 1. The van der Waals surface area contributed by atoms with Crippen molar-refractivity contribution in [1.82, 2.24) is 4.98 Å². The third kappa shape index (κ3) is 2.77. The lowest BCUT2D eigenvalue weighted by molar-refractivity contribution is 0.0702. The number of thiophene rings is 2. The minimum absolute atomic E-state index is 0.314. The second-order valence-corrected chi connectivity index (χ2v) is 7.09. The average Bonchev–Trinajstić information content (AvgIpc) is 3.26. The molecule has 118 valence electrons. The van der Waals surface area contributed by atoms with Gasteiger partial charge in [0, 0.05) is 17.3 Å². The van der Waals surface area contributed by atoms with Crippen LogP contribution in [-0.4, -0.2) is 16.1 Å². The smallest absolute Gasteiger partial charge is 0.345 e. The van der Waals surface area contributed by atoms with E-state index in [2.05, 4.69) is 39.3 Å². The molecule has 0 unspecified atom stereocenters. The molecule has 0 saturated heterocycles. The largest absolute Gasteiger partial charge is 0.477 e. The van der Waals surface area contributed by atoms with Crippen molar-refractivity contribution < 1.29 is 9.90 Å². The molecule has 1 aromatic carbocycles. The van der Waals surface area contributed by atoms with E-state index in [1.165, 1.54) is 22.5 Å². The van der Waals surface area contributed by atoms with E-state index in [0.717, 1.165) is 21.5 Å². The SMILES string of the molecule is O=C(O)c1cc2c(Nc3ccc(-c4ccsc4)cc3)cncc2s1. The first-order chi connectivity index (χ1) is 11.7. The van der Waals surface area contributed by atoms with Crippen LogP contribution in [0.3, 0.4) is 0 Å². The topological polar surface area (TPSA) is 62.2 Å². The number of pyridine rings is 1. The lowest BCUT2D eigenvalue weighted by Gasteiger charge is -2.08. The third-order valence-corrected chi connectivity index (χ3v) is 5.42. The van der Waals surface area contributed by atoms with Crippen molar-refractivity contribution in [3.05, 3.63) is 64.4 Å². The maximum absolute atomic E-state index is 11.2. The van der Waals surface area contributed by atoms with Gasteiger partial charge in [0.05, 0.1) is 16.6 Å². The minimum Gasteiger partial charge on any atom is -0.477 e. The molecule has 3 heterocycles. The molecule has 4 nitrogen and oxygen atoms in total. The first kappa shape index (κ1) is 14.9. The summed E-state index contributed by atoms with van der Waals surface area (Å²) in [7, 11) is 0. The van der Waals surface area contributed by atoms with Crippen LogP contribution in [0.15, 0.2) is 59.6 Å². The highest BCUT2D eigenvalue weighted by Gasteiger charge is 2.11. The zero-order chi connectivity index (χ0) is 16.5. The summed E-state index contributed by atoms with van der Waals surface area (Å²) in [6, 6.07) is 11.9. The van der Waals surface area contributed by atoms with E-state index < -0.39 is 5.97 Å². The van der Waals surface area contributed by atoms with E-state index in [1.54, 1.807) is 29.8 Å². The zero-order valence-corrected chi connectivity index (χ0v) is 14.0. The maximum atomic E-state index is 11.2. The molecule has 4 aromatic rings. The van der Waals surface area contributed by atoms with Gasteiger partial charge in [0.15, 0.2) is 0 Å². The average molecular weight is 352 g/mol. The number of fused-ring (bicyclic) bond motifs is 1. The Morgan fingerprint density at radius 3 is 2.62 bits per heavy atom. The van der Waals surface area contributed by atoms with Crippen LogP contribution >= 0.6 is 22.7 Å². The van der Waals surface area contributed by atoms with Gasteiger partial charge >= 0.3 is 5.97 Å². The van der Waals surface area contributed by atoms with Crippen molar-refractivity contribution in [2.24, 2.45) is 0 Å². The van der Waals surface area contributed by atoms with Crippen molar-refractivity contribution in [3.8, 4) is 11.1 Å². The van der Waals surface area contributed by atoms with Crippen LogP contribution in [0.4, 0.5) is 11.4 Å². The van der Waals surface area contributed by atoms with Crippen molar-refractivity contribution in [3.63, 3.8) is 0 Å².